The Morgan fingerprint density at radius 3 is 2.13 bits per heavy atom. The van der Waals surface area contributed by atoms with Gasteiger partial charge in [-0.1, -0.05) is 80.1 Å². The summed E-state index contributed by atoms with van der Waals surface area (Å²) in [5, 5.41) is 6.11. The van der Waals surface area contributed by atoms with Crippen molar-refractivity contribution in [2.45, 2.75) is 46.2 Å². The summed E-state index contributed by atoms with van der Waals surface area (Å²) in [5.74, 6) is 0.322. The Bertz CT molecular complexity index is 911. The molecule has 0 spiro atoms. The normalized spacial score (nSPS) is 12.1. The van der Waals surface area contributed by atoms with Gasteiger partial charge in [0.25, 0.3) is 0 Å². The Balaban J connectivity index is 2.22. The van der Waals surface area contributed by atoms with Gasteiger partial charge in [-0.3, -0.25) is 0 Å². The molecule has 0 aliphatic carbocycles. The fourth-order valence-electron chi connectivity index (χ4n) is 2.75. The number of hydrogen-bond donors (Lipinski definition) is 1. The minimum absolute atomic E-state index is 0.360. The molecule has 0 unspecified atom stereocenters. The molecule has 2 rings (SSSR count). The minimum atomic E-state index is -1.47. The second kappa shape index (κ2) is 9.81. The molecule has 0 fully saturated rings. The van der Waals surface area contributed by atoms with Crippen LogP contribution in [-0.4, -0.2) is 38.7 Å². The van der Waals surface area contributed by atoms with Crippen LogP contribution in [-0.2, 0) is 9.53 Å². The number of carbonyl (C=O) groups is 1. The standard InChI is InChI=1S/C23H32N2O2SSi2/c1-8-27-22(26)12-10-17-9-11-21(24-16-17)25-23(28)18-13-19(29(2,3)4)15-20(14-18)30(5,6)7/h9-16H,8H2,1-7H3,(H,24,25,28). The molecule has 2 aromatic rings. The lowest BCUT2D eigenvalue weighted by molar-refractivity contribution is -0.137. The van der Waals surface area contributed by atoms with Crippen molar-refractivity contribution < 1.29 is 9.53 Å². The summed E-state index contributed by atoms with van der Waals surface area (Å²) in [6.07, 6.45) is 4.79. The molecule has 1 aromatic carbocycles. The molecule has 0 radical (unpaired) electrons. The highest BCUT2D eigenvalue weighted by atomic mass is 32.1. The van der Waals surface area contributed by atoms with Crippen LogP contribution in [0, 0.1) is 0 Å². The number of ether oxygens (including phenoxy) is 1. The first kappa shape index (κ1) is 24.2. The molecule has 0 saturated heterocycles. The summed E-state index contributed by atoms with van der Waals surface area (Å²) in [7, 11) is -2.94. The van der Waals surface area contributed by atoms with E-state index in [9.17, 15) is 4.79 Å². The second-order valence-corrected chi connectivity index (χ2v) is 19.9. The van der Waals surface area contributed by atoms with Crippen LogP contribution in [0.1, 0.15) is 18.1 Å². The number of benzene rings is 1. The third kappa shape index (κ3) is 7.00. The van der Waals surface area contributed by atoms with Crippen LogP contribution in [0.4, 0.5) is 5.82 Å². The number of aromatic nitrogens is 1. The number of anilines is 1. The summed E-state index contributed by atoms with van der Waals surface area (Å²) in [6, 6.07) is 10.6. The molecule has 30 heavy (non-hydrogen) atoms. The number of nitrogens with one attached hydrogen (secondary N) is 1. The number of rotatable bonds is 7. The minimum Gasteiger partial charge on any atom is -0.463 e. The highest BCUT2D eigenvalue weighted by Gasteiger charge is 2.23. The topological polar surface area (TPSA) is 51.2 Å². The Morgan fingerprint density at radius 1 is 1.07 bits per heavy atom. The lowest BCUT2D eigenvalue weighted by Crippen LogP contribution is -2.45. The maximum Gasteiger partial charge on any atom is 0.330 e. The Kier molecular flexibility index (Phi) is 7.90. The van der Waals surface area contributed by atoms with Gasteiger partial charge >= 0.3 is 5.97 Å². The fraction of sp³-hybridized carbons (Fsp3) is 0.348. The van der Waals surface area contributed by atoms with Crippen LogP contribution in [0.5, 0.6) is 0 Å². The van der Waals surface area contributed by atoms with Gasteiger partial charge in [0, 0.05) is 17.8 Å². The Hall–Kier alpha value is -2.10. The number of esters is 1. The van der Waals surface area contributed by atoms with E-state index >= 15 is 0 Å². The summed E-state index contributed by atoms with van der Waals surface area (Å²) >= 11 is 5.72. The van der Waals surface area contributed by atoms with E-state index in [0.29, 0.717) is 17.4 Å². The zero-order chi connectivity index (χ0) is 22.5. The van der Waals surface area contributed by atoms with Gasteiger partial charge < -0.3 is 10.1 Å². The van der Waals surface area contributed by atoms with E-state index in [0.717, 1.165) is 11.1 Å². The zero-order valence-corrected chi connectivity index (χ0v) is 21.8. The van der Waals surface area contributed by atoms with Gasteiger partial charge in [-0.25, -0.2) is 9.78 Å². The van der Waals surface area contributed by atoms with Crippen molar-refractivity contribution in [1.29, 1.82) is 0 Å². The SMILES string of the molecule is CCOC(=O)C=Cc1ccc(NC(=S)c2cc([Si](C)(C)C)cc([Si](C)(C)C)c2)nc1. The van der Waals surface area contributed by atoms with Crippen molar-refractivity contribution in [2.24, 2.45) is 0 Å². The van der Waals surface area contributed by atoms with Gasteiger partial charge in [-0.15, -0.1) is 0 Å². The maximum absolute atomic E-state index is 11.4. The summed E-state index contributed by atoms with van der Waals surface area (Å²) < 4.78 is 4.89. The van der Waals surface area contributed by atoms with Crippen LogP contribution >= 0.6 is 12.2 Å². The fourth-order valence-corrected chi connectivity index (χ4v) is 5.47. The van der Waals surface area contributed by atoms with Gasteiger partial charge in [0.1, 0.15) is 10.8 Å². The van der Waals surface area contributed by atoms with E-state index in [4.69, 9.17) is 17.0 Å². The molecule has 0 aliphatic rings. The van der Waals surface area contributed by atoms with Crippen LogP contribution in [0.3, 0.4) is 0 Å². The van der Waals surface area contributed by atoms with Gasteiger partial charge in [-0.2, -0.15) is 0 Å². The van der Waals surface area contributed by atoms with E-state index in [-0.39, 0.29) is 5.97 Å². The van der Waals surface area contributed by atoms with Crippen LogP contribution in [0.15, 0.2) is 42.6 Å². The monoisotopic (exact) mass is 456 g/mol. The molecule has 0 bridgehead atoms. The Labute approximate surface area is 187 Å². The Morgan fingerprint density at radius 2 is 1.67 bits per heavy atom. The molecule has 4 nitrogen and oxygen atoms in total. The van der Waals surface area contributed by atoms with E-state index in [2.05, 4.69) is 67.8 Å². The van der Waals surface area contributed by atoms with Crippen molar-refractivity contribution in [3.63, 3.8) is 0 Å². The number of thiocarbonyl (C=S) groups is 1. The predicted octanol–water partition coefficient (Wildman–Crippen LogP) is 4.54. The molecule has 7 heteroatoms. The van der Waals surface area contributed by atoms with Crippen LogP contribution in [0.2, 0.25) is 39.3 Å². The van der Waals surface area contributed by atoms with E-state index in [1.165, 1.54) is 16.4 Å². The molecule has 0 atom stereocenters. The third-order valence-electron chi connectivity index (χ3n) is 4.65. The first-order valence-electron chi connectivity index (χ1n) is 10.2. The molecular formula is C23H32N2O2SSi2. The molecule has 1 N–H and O–H groups in total. The third-order valence-corrected chi connectivity index (χ3v) is 9.03. The van der Waals surface area contributed by atoms with Crippen molar-refractivity contribution in [2.75, 3.05) is 11.9 Å². The molecule has 160 valence electrons. The van der Waals surface area contributed by atoms with E-state index in [1.54, 1.807) is 19.2 Å². The highest BCUT2D eigenvalue weighted by Crippen LogP contribution is 2.13. The molecule has 0 saturated carbocycles. The molecule has 1 heterocycles. The number of pyridine rings is 1. The first-order chi connectivity index (χ1) is 13.9. The maximum atomic E-state index is 11.4. The van der Waals surface area contributed by atoms with Gasteiger partial charge in [0.2, 0.25) is 0 Å². The van der Waals surface area contributed by atoms with Gasteiger partial charge in [0.15, 0.2) is 0 Å². The second-order valence-electron chi connectivity index (χ2n) is 9.32. The number of nitrogens with zero attached hydrogens (tertiary/aromatic N) is 1. The van der Waals surface area contributed by atoms with Gasteiger partial charge in [-0.05, 0) is 30.7 Å². The summed E-state index contributed by atoms with van der Waals surface area (Å²) in [5.41, 5.74) is 1.87. The molecular weight excluding hydrogens is 425 g/mol. The van der Waals surface area contributed by atoms with E-state index < -0.39 is 16.1 Å². The first-order valence-corrected chi connectivity index (χ1v) is 17.6. The van der Waals surface area contributed by atoms with Gasteiger partial charge in [0.05, 0.1) is 22.8 Å². The van der Waals surface area contributed by atoms with Crippen LogP contribution < -0.4 is 15.7 Å². The highest BCUT2D eigenvalue weighted by molar-refractivity contribution is 7.81. The lowest BCUT2D eigenvalue weighted by atomic mass is 10.2. The molecule has 1 aromatic heterocycles. The quantitative estimate of drug-likeness (QED) is 0.287. The molecule has 0 aliphatic heterocycles. The summed E-state index contributed by atoms with van der Waals surface area (Å²) in [6.45, 7) is 16.3. The zero-order valence-electron chi connectivity index (χ0n) is 19.0. The molecule has 0 amide bonds. The smallest absolute Gasteiger partial charge is 0.330 e. The number of hydrogen-bond acceptors (Lipinski definition) is 4. The summed E-state index contributed by atoms with van der Waals surface area (Å²) in [4.78, 5) is 16.5. The average Bonchev–Trinajstić information content (AvgIpc) is 2.66. The average molecular weight is 457 g/mol. The predicted molar refractivity (Wildman–Crippen MR) is 138 cm³/mol. The van der Waals surface area contributed by atoms with E-state index in [1.807, 2.05) is 12.1 Å². The lowest BCUT2D eigenvalue weighted by Gasteiger charge is -2.24. The van der Waals surface area contributed by atoms with Crippen LogP contribution in [0.25, 0.3) is 6.08 Å². The van der Waals surface area contributed by atoms with Crippen molar-refractivity contribution in [1.82, 2.24) is 4.98 Å². The van der Waals surface area contributed by atoms with Crippen molar-refractivity contribution >= 4 is 61.6 Å². The van der Waals surface area contributed by atoms with Crippen molar-refractivity contribution in [3.8, 4) is 0 Å². The van der Waals surface area contributed by atoms with Crippen molar-refractivity contribution in [3.05, 3.63) is 53.7 Å². The number of carbonyl (C=O) groups excluding carboxylic acids is 1. The largest absolute Gasteiger partial charge is 0.463 e.